The molecule has 0 N–H and O–H groups in total. The molecule has 0 saturated carbocycles. The summed E-state index contributed by atoms with van der Waals surface area (Å²) in [5.74, 6) is 1.01. The summed E-state index contributed by atoms with van der Waals surface area (Å²) in [5, 5.41) is 0. The molecule has 130 valence electrons. The fraction of sp³-hybridized carbons (Fsp3) is 0.227. The van der Waals surface area contributed by atoms with Gasteiger partial charge < -0.3 is 9.32 Å². The van der Waals surface area contributed by atoms with Crippen LogP contribution in [0.15, 0.2) is 77.4 Å². The highest BCUT2D eigenvalue weighted by atomic mass is 16.3. The fourth-order valence-electron chi connectivity index (χ4n) is 4.22. The Morgan fingerprint density at radius 2 is 1.69 bits per heavy atom. The zero-order valence-corrected chi connectivity index (χ0v) is 14.4. The Kier molecular flexibility index (Phi) is 3.64. The molecular weight excluding hydrogens is 324 g/mol. The van der Waals surface area contributed by atoms with Gasteiger partial charge in [-0.1, -0.05) is 54.6 Å². The van der Waals surface area contributed by atoms with E-state index < -0.39 is 0 Å². The summed E-state index contributed by atoms with van der Waals surface area (Å²) in [6.07, 6.45) is 2.29. The van der Waals surface area contributed by atoms with Crippen LogP contribution in [0.5, 0.6) is 0 Å². The highest BCUT2D eigenvalue weighted by Crippen LogP contribution is 2.41. The van der Waals surface area contributed by atoms with Gasteiger partial charge in [-0.05, 0) is 35.2 Å². The molecule has 0 radical (unpaired) electrons. The topological polar surface area (TPSA) is 36.7 Å². The first kappa shape index (κ1) is 15.4. The lowest BCUT2D eigenvalue weighted by molar-refractivity contribution is -0.131. The molecule has 1 saturated heterocycles. The SMILES string of the molecule is O=C1C2Cc3ccccc3CN2C(c2ccco2)N1Cc1ccccc1. The van der Waals surface area contributed by atoms with E-state index in [1.807, 2.05) is 35.2 Å². The normalized spacial score (nSPS) is 22.3. The molecule has 0 spiro atoms. The molecule has 4 nitrogen and oxygen atoms in total. The van der Waals surface area contributed by atoms with Crippen LogP contribution < -0.4 is 0 Å². The number of hydrogen-bond donors (Lipinski definition) is 0. The Bertz CT molecular complexity index is 920. The van der Waals surface area contributed by atoms with Gasteiger partial charge in [0, 0.05) is 13.1 Å². The molecule has 2 aromatic carbocycles. The summed E-state index contributed by atoms with van der Waals surface area (Å²) in [5.41, 5.74) is 3.71. The quantitative estimate of drug-likeness (QED) is 0.726. The lowest BCUT2D eigenvalue weighted by atomic mass is 9.94. The minimum atomic E-state index is -0.156. The first-order valence-electron chi connectivity index (χ1n) is 9.01. The number of carbonyl (C=O) groups excluding carboxylic acids is 1. The molecule has 2 aliphatic rings. The van der Waals surface area contributed by atoms with Gasteiger partial charge in [-0.3, -0.25) is 9.69 Å². The lowest BCUT2D eigenvalue weighted by Crippen LogP contribution is -2.39. The van der Waals surface area contributed by atoms with Crippen molar-refractivity contribution in [1.82, 2.24) is 9.80 Å². The molecule has 2 aliphatic heterocycles. The first-order valence-corrected chi connectivity index (χ1v) is 9.01. The zero-order valence-electron chi connectivity index (χ0n) is 14.4. The summed E-state index contributed by atoms with van der Waals surface area (Å²) in [7, 11) is 0. The third-order valence-corrected chi connectivity index (χ3v) is 5.46. The number of nitrogens with zero attached hydrogens (tertiary/aromatic N) is 2. The summed E-state index contributed by atoms with van der Waals surface area (Å²) in [6.45, 7) is 1.36. The van der Waals surface area contributed by atoms with Crippen LogP contribution in [0.2, 0.25) is 0 Å². The summed E-state index contributed by atoms with van der Waals surface area (Å²) in [6, 6.07) is 22.3. The number of furan rings is 1. The molecule has 3 heterocycles. The highest BCUT2D eigenvalue weighted by molar-refractivity contribution is 5.85. The van der Waals surface area contributed by atoms with E-state index in [9.17, 15) is 4.79 Å². The third kappa shape index (κ3) is 2.45. The van der Waals surface area contributed by atoms with Gasteiger partial charge >= 0.3 is 0 Å². The Labute approximate surface area is 152 Å². The average molecular weight is 344 g/mol. The van der Waals surface area contributed by atoms with Crippen LogP contribution in [-0.4, -0.2) is 21.7 Å². The van der Waals surface area contributed by atoms with Crippen molar-refractivity contribution in [3.8, 4) is 0 Å². The van der Waals surface area contributed by atoms with Crippen LogP contribution in [0.4, 0.5) is 0 Å². The van der Waals surface area contributed by atoms with E-state index in [1.54, 1.807) is 6.26 Å². The van der Waals surface area contributed by atoms with Crippen molar-refractivity contribution in [1.29, 1.82) is 0 Å². The number of carbonyl (C=O) groups is 1. The van der Waals surface area contributed by atoms with Gasteiger partial charge in [0.2, 0.25) is 5.91 Å². The zero-order chi connectivity index (χ0) is 17.5. The molecule has 26 heavy (non-hydrogen) atoms. The minimum absolute atomic E-state index is 0.122. The van der Waals surface area contributed by atoms with Gasteiger partial charge in [0.1, 0.15) is 11.9 Å². The third-order valence-electron chi connectivity index (χ3n) is 5.46. The fourth-order valence-corrected chi connectivity index (χ4v) is 4.22. The summed E-state index contributed by atoms with van der Waals surface area (Å²) in [4.78, 5) is 17.5. The van der Waals surface area contributed by atoms with Crippen LogP contribution in [0.3, 0.4) is 0 Å². The second-order valence-electron chi connectivity index (χ2n) is 7.00. The van der Waals surface area contributed by atoms with Crippen molar-refractivity contribution >= 4 is 5.91 Å². The molecule has 0 bridgehead atoms. The maximum Gasteiger partial charge on any atom is 0.242 e. The van der Waals surface area contributed by atoms with Crippen LogP contribution in [0, 0.1) is 0 Å². The molecule has 1 aromatic heterocycles. The van der Waals surface area contributed by atoms with E-state index in [0.717, 1.165) is 24.3 Å². The average Bonchev–Trinajstić information content (AvgIpc) is 3.29. The standard InChI is InChI=1S/C22H20N2O2/c25-22-19-13-17-9-4-5-10-18(17)15-23(19)21(20-11-6-12-26-20)24(22)14-16-7-2-1-3-8-16/h1-12,19,21H,13-15H2. The van der Waals surface area contributed by atoms with E-state index in [-0.39, 0.29) is 18.1 Å². The Hall–Kier alpha value is -2.85. The van der Waals surface area contributed by atoms with Crippen LogP contribution in [-0.2, 0) is 24.3 Å². The molecule has 1 fully saturated rings. The van der Waals surface area contributed by atoms with Gasteiger partial charge in [0.05, 0.1) is 12.3 Å². The van der Waals surface area contributed by atoms with Gasteiger partial charge in [-0.2, -0.15) is 0 Å². The summed E-state index contributed by atoms with van der Waals surface area (Å²) >= 11 is 0. The molecule has 1 amide bonds. The van der Waals surface area contributed by atoms with Crippen molar-refractivity contribution in [2.45, 2.75) is 31.7 Å². The largest absolute Gasteiger partial charge is 0.466 e. The number of hydrogen-bond acceptors (Lipinski definition) is 3. The van der Waals surface area contributed by atoms with Gasteiger partial charge in [0.25, 0.3) is 0 Å². The van der Waals surface area contributed by atoms with E-state index in [4.69, 9.17) is 4.42 Å². The van der Waals surface area contributed by atoms with Crippen LogP contribution >= 0.6 is 0 Å². The van der Waals surface area contributed by atoms with Gasteiger partial charge in [0.15, 0.2) is 0 Å². The summed E-state index contributed by atoms with van der Waals surface area (Å²) < 4.78 is 5.74. The number of fused-ring (bicyclic) bond motifs is 2. The number of benzene rings is 2. The molecular formula is C22H20N2O2. The maximum atomic E-state index is 13.3. The number of amides is 1. The number of rotatable bonds is 3. The second-order valence-corrected chi connectivity index (χ2v) is 7.00. The van der Waals surface area contributed by atoms with Crippen molar-refractivity contribution in [2.75, 3.05) is 0 Å². The Balaban J connectivity index is 1.54. The van der Waals surface area contributed by atoms with Crippen LogP contribution in [0.25, 0.3) is 0 Å². The predicted octanol–water partition coefficient (Wildman–Crippen LogP) is 3.75. The molecule has 2 atom stereocenters. The van der Waals surface area contributed by atoms with E-state index >= 15 is 0 Å². The Morgan fingerprint density at radius 1 is 0.923 bits per heavy atom. The van der Waals surface area contributed by atoms with Gasteiger partial charge in [-0.15, -0.1) is 0 Å². The van der Waals surface area contributed by atoms with Crippen LogP contribution in [0.1, 0.15) is 28.6 Å². The predicted molar refractivity (Wildman–Crippen MR) is 97.9 cm³/mol. The molecule has 4 heteroatoms. The maximum absolute atomic E-state index is 13.3. The van der Waals surface area contributed by atoms with Crippen molar-refractivity contribution in [3.63, 3.8) is 0 Å². The molecule has 3 aromatic rings. The molecule has 0 aliphatic carbocycles. The minimum Gasteiger partial charge on any atom is -0.466 e. The lowest BCUT2D eigenvalue weighted by Gasteiger charge is -2.33. The highest BCUT2D eigenvalue weighted by Gasteiger charge is 2.49. The van der Waals surface area contributed by atoms with Gasteiger partial charge in [-0.25, -0.2) is 0 Å². The van der Waals surface area contributed by atoms with E-state index in [0.29, 0.717) is 6.54 Å². The second kappa shape index (κ2) is 6.15. The van der Waals surface area contributed by atoms with Crippen molar-refractivity contribution < 1.29 is 9.21 Å². The van der Waals surface area contributed by atoms with Crippen molar-refractivity contribution in [3.05, 3.63) is 95.4 Å². The first-order chi connectivity index (χ1) is 12.8. The van der Waals surface area contributed by atoms with E-state index in [2.05, 4.69) is 41.3 Å². The van der Waals surface area contributed by atoms with Crippen molar-refractivity contribution in [2.24, 2.45) is 0 Å². The Morgan fingerprint density at radius 3 is 2.46 bits per heavy atom. The smallest absolute Gasteiger partial charge is 0.242 e. The monoisotopic (exact) mass is 344 g/mol. The van der Waals surface area contributed by atoms with E-state index in [1.165, 1.54) is 11.1 Å². The molecule has 5 rings (SSSR count). The molecule has 2 unspecified atom stereocenters.